The zero-order chi connectivity index (χ0) is 9.97. The van der Waals surface area contributed by atoms with Crippen LogP contribution in [-0.2, 0) is 0 Å². The fraction of sp³-hybridized carbons (Fsp3) is 0.333. The van der Waals surface area contributed by atoms with Gasteiger partial charge in [0.05, 0.1) is 6.61 Å². The molecule has 1 saturated carbocycles. The molecule has 1 fully saturated rings. The Bertz CT molecular complexity index is 342. The maximum Gasteiger partial charge on any atom is 0.121 e. The summed E-state index contributed by atoms with van der Waals surface area (Å²) in [5.41, 5.74) is 7.49. The third-order valence-corrected chi connectivity index (χ3v) is 2.46. The van der Waals surface area contributed by atoms with Gasteiger partial charge in [-0.2, -0.15) is 0 Å². The van der Waals surface area contributed by atoms with E-state index in [1.54, 1.807) is 6.08 Å². The molecule has 2 nitrogen and oxygen atoms in total. The molecule has 14 heavy (non-hydrogen) atoms. The summed E-state index contributed by atoms with van der Waals surface area (Å²) in [5.74, 6) is 1.63. The minimum absolute atomic E-state index is 0.730. The number of nitrogen functional groups attached to an aromatic ring is 1. The van der Waals surface area contributed by atoms with Gasteiger partial charge in [0.25, 0.3) is 0 Å². The first kappa shape index (κ1) is 9.13. The molecule has 1 aromatic rings. The van der Waals surface area contributed by atoms with Crippen molar-refractivity contribution in [3.8, 4) is 5.75 Å². The fourth-order valence-electron chi connectivity index (χ4n) is 1.33. The lowest BCUT2D eigenvalue weighted by atomic mass is 10.2. The average molecular weight is 189 g/mol. The first-order valence-corrected chi connectivity index (χ1v) is 4.94. The van der Waals surface area contributed by atoms with Gasteiger partial charge in [-0.15, -0.1) is 0 Å². The van der Waals surface area contributed by atoms with Crippen LogP contribution in [0.25, 0.3) is 6.08 Å². The maximum atomic E-state index is 5.80. The van der Waals surface area contributed by atoms with Crippen LogP contribution in [0.2, 0.25) is 0 Å². The molecule has 0 heterocycles. The first-order valence-electron chi connectivity index (χ1n) is 4.94. The van der Waals surface area contributed by atoms with Gasteiger partial charge in [0, 0.05) is 11.8 Å². The van der Waals surface area contributed by atoms with E-state index in [9.17, 15) is 0 Å². The zero-order valence-corrected chi connectivity index (χ0v) is 8.20. The second-order valence-electron chi connectivity index (χ2n) is 3.75. The number of anilines is 1. The van der Waals surface area contributed by atoms with Crippen LogP contribution in [0.4, 0.5) is 5.69 Å². The van der Waals surface area contributed by atoms with Gasteiger partial charge >= 0.3 is 0 Å². The molecule has 74 valence electrons. The highest BCUT2D eigenvalue weighted by Crippen LogP contribution is 2.30. The van der Waals surface area contributed by atoms with Crippen molar-refractivity contribution in [3.63, 3.8) is 0 Å². The molecular weight excluding hydrogens is 174 g/mol. The lowest BCUT2D eigenvalue weighted by Crippen LogP contribution is -1.99. The van der Waals surface area contributed by atoms with Gasteiger partial charge in [-0.1, -0.05) is 12.7 Å². The Morgan fingerprint density at radius 2 is 2.29 bits per heavy atom. The number of rotatable bonds is 4. The average Bonchev–Trinajstić information content (AvgIpc) is 2.98. The Kier molecular flexibility index (Phi) is 2.44. The summed E-state index contributed by atoms with van der Waals surface area (Å²) < 4.78 is 5.60. The van der Waals surface area contributed by atoms with Gasteiger partial charge in [-0.3, -0.25) is 0 Å². The minimum atomic E-state index is 0.730. The second-order valence-corrected chi connectivity index (χ2v) is 3.75. The van der Waals surface area contributed by atoms with Gasteiger partial charge in [-0.25, -0.2) is 0 Å². The molecule has 1 aliphatic carbocycles. The molecule has 1 aliphatic rings. The molecular formula is C12H15NO. The molecule has 0 aromatic heterocycles. The largest absolute Gasteiger partial charge is 0.493 e. The Morgan fingerprint density at radius 3 is 2.86 bits per heavy atom. The van der Waals surface area contributed by atoms with Crippen molar-refractivity contribution in [2.24, 2.45) is 5.92 Å². The van der Waals surface area contributed by atoms with Crippen molar-refractivity contribution in [3.05, 3.63) is 30.3 Å². The molecule has 0 aliphatic heterocycles. The molecule has 0 radical (unpaired) electrons. The Labute approximate surface area is 84.4 Å². The van der Waals surface area contributed by atoms with E-state index >= 15 is 0 Å². The summed E-state index contributed by atoms with van der Waals surface area (Å²) in [4.78, 5) is 0. The van der Waals surface area contributed by atoms with Crippen LogP contribution in [0.3, 0.4) is 0 Å². The molecule has 2 heteroatoms. The standard InChI is InChI=1S/C12H15NO/c1-2-10-5-6-11(7-12(10)13)14-8-9-3-4-9/h2,5-7,9H,1,3-4,8,13H2. The third-order valence-electron chi connectivity index (χ3n) is 2.46. The lowest BCUT2D eigenvalue weighted by molar-refractivity contribution is 0.300. The summed E-state index contributed by atoms with van der Waals surface area (Å²) in [6, 6.07) is 5.74. The molecule has 0 bridgehead atoms. The van der Waals surface area contributed by atoms with Gasteiger partial charge in [0.1, 0.15) is 5.75 Å². The summed E-state index contributed by atoms with van der Waals surface area (Å²) in [6.45, 7) is 4.51. The van der Waals surface area contributed by atoms with Crippen molar-refractivity contribution in [2.75, 3.05) is 12.3 Å². The molecule has 2 rings (SSSR count). The topological polar surface area (TPSA) is 35.2 Å². The number of ether oxygens (including phenoxy) is 1. The molecule has 0 amide bonds. The van der Waals surface area contributed by atoms with Gasteiger partial charge in [-0.05, 0) is 36.5 Å². The summed E-state index contributed by atoms with van der Waals surface area (Å²) in [7, 11) is 0. The van der Waals surface area contributed by atoms with E-state index in [1.165, 1.54) is 12.8 Å². The normalized spacial score (nSPS) is 15.1. The van der Waals surface area contributed by atoms with Crippen molar-refractivity contribution in [2.45, 2.75) is 12.8 Å². The SMILES string of the molecule is C=Cc1ccc(OCC2CC2)cc1N. The van der Waals surface area contributed by atoms with Crippen LogP contribution in [0, 0.1) is 5.92 Å². The Hall–Kier alpha value is -1.44. The van der Waals surface area contributed by atoms with E-state index in [0.29, 0.717) is 0 Å². The molecule has 0 spiro atoms. The van der Waals surface area contributed by atoms with Crippen LogP contribution >= 0.6 is 0 Å². The highest BCUT2D eigenvalue weighted by atomic mass is 16.5. The van der Waals surface area contributed by atoms with E-state index in [1.807, 2.05) is 18.2 Å². The Morgan fingerprint density at radius 1 is 1.50 bits per heavy atom. The minimum Gasteiger partial charge on any atom is -0.493 e. The van der Waals surface area contributed by atoms with E-state index in [0.717, 1.165) is 29.5 Å². The summed E-state index contributed by atoms with van der Waals surface area (Å²) >= 11 is 0. The molecule has 0 saturated heterocycles. The van der Waals surface area contributed by atoms with E-state index < -0.39 is 0 Å². The highest BCUT2D eigenvalue weighted by molar-refractivity contribution is 5.65. The van der Waals surface area contributed by atoms with E-state index in [-0.39, 0.29) is 0 Å². The first-order chi connectivity index (χ1) is 6.79. The monoisotopic (exact) mass is 189 g/mol. The van der Waals surface area contributed by atoms with Crippen LogP contribution in [0.1, 0.15) is 18.4 Å². The third kappa shape index (κ3) is 2.08. The smallest absolute Gasteiger partial charge is 0.121 e. The summed E-state index contributed by atoms with van der Waals surface area (Å²) in [5, 5.41) is 0. The lowest BCUT2D eigenvalue weighted by Gasteiger charge is -2.07. The van der Waals surface area contributed by atoms with Crippen LogP contribution in [0.15, 0.2) is 24.8 Å². The zero-order valence-electron chi connectivity index (χ0n) is 8.20. The van der Waals surface area contributed by atoms with E-state index in [2.05, 4.69) is 6.58 Å². The van der Waals surface area contributed by atoms with E-state index in [4.69, 9.17) is 10.5 Å². The molecule has 0 atom stereocenters. The van der Waals surface area contributed by atoms with Crippen LogP contribution in [0.5, 0.6) is 5.75 Å². The number of nitrogens with two attached hydrogens (primary N) is 1. The quantitative estimate of drug-likeness (QED) is 0.739. The predicted octanol–water partition coefficient (Wildman–Crippen LogP) is 2.70. The molecule has 0 unspecified atom stereocenters. The van der Waals surface area contributed by atoms with Crippen LogP contribution in [-0.4, -0.2) is 6.61 Å². The second kappa shape index (κ2) is 3.74. The van der Waals surface area contributed by atoms with Crippen molar-refractivity contribution in [1.29, 1.82) is 0 Å². The summed E-state index contributed by atoms with van der Waals surface area (Å²) in [6.07, 6.45) is 4.36. The van der Waals surface area contributed by atoms with Gasteiger partial charge < -0.3 is 10.5 Å². The van der Waals surface area contributed by atoms with Gasteiger partial charge in [0.15, 0.2) is 0 Å². The number of benzene rings is 1. The molecule has 2 N–H and O–H groups in total. The van der Waals surface area contributed by atoms with Crippen molar-refractivity contribution < 1.29 is 4.74 Å². The van der Waals surface area contributed by atoms with Crippen molar-refractivity contribution in [1.82, 2.24) is 0 Å². The number of hydrogen-bond acceptors (Lipinski definition) is 2. The van der Waals surface area contributed by atoms with Crippen LogP contribution < -0.4 is 10.5 Å². The van der Waals surface area contributed by atoms with Gasteiger partial charge in [0.2, 0.25) is 0 Å². The maximum absolute atomic E-state index is 5.80. The van der Waals surface area contributed by atoms with Crippen molar-refractivity contribution >= 4 is 11.8 Å². The fourth-order valence-corrected chi connectivity index (χ4v) is 1.33. The molecule has 1 aromatic carbocycles. The highest BCUT2D eigenvalue weighted by Gasteiger charge is 2.21. The number of hydrogen-bond donors (Lipinski definition) is 1. The Balaban J connectivity index is 2.02. The predicted molar refractivity (Wildman–Crippen MR) is 59.2 cm³/mol.